The number of halogens is 1. The number of ether oxygens (including phenoxy) is 1. The fourth-order valence-corrected chi connectivity index (χ4v) is 3.41. The summed E-state index contributed by atoms with van der Waals surface area (Å²) in [5.74, 6) is 1.04. The van der Waals surface area contributed by atoms with E-state index in [9.17, 15) is 4.79 Å². The minimum Gasteiger partial charge on any atom is -0.494 e. The van der Waals surface area contributed by atoms with Crippen molar-refractivity contribution in [1.29, 1.82) is 0 Å². The van der Waals surface area contributed by atoms with Crippen molar-refractivity contribution >= 4 is 18.3 Å². The highest BCUT2D eigenvalue weighted by Gasteiger charge is 2.35. The van der Waals surface area contributed by atoms with Gasteiger partial charge in [-0.25, -0.2) is 0 Å². The lowest BCUT2D eigenvalue weighted by Gasteiger charge is -2.21. The highest BCUT2D eigenvalue weighted by Crippen LogP contribution is 2.28. The Kier molecular flexibility index (Phi) is 7.68. The van der Waals surface area contributed by atoms with Crippen molar-refractivity contribution in [1.82, 2.24) is 20.4 Å². The number of hydrogen-bond acceptors (Lipinski definition) is 4. The molecule has 1 amide bonds. The van der Waals surface area contributed by atoms with E-state index in [1.807, 2.05) is 50.6 Å². The van der Waals surface area contributed by atoms with Crippen LogP contribution in [0.25, 0.3) is 0 Å². The van der Waals surface area contributed by atoms with Crippen molar-refractivity contribution in [2.75, 3.05) is 19.7 Å². The van der Waals surface area contributed by atoms with E-state index in [4.69, 9.17) is 4.74 Å². The molecule has 0 saturated carbocycles. The van der Waals surface area contributed by atoms with Crippen molar-refractivity contribution in [3.8, 4) is 5.75 Å². The fourth-order valence-electron chi connectivity index (χ4n) is 3.41. The first kappa shape index (κ1) is 21.3. The molecular weight excluding hydrogens is 364 g/mol. The average molecular weight is 393 g/mol. The first-order chi connectivity index (χ1) is 12.6. The molecule has 2 aromatic rings. The molecule has 1 aliphatic rings. The summed E-state index contributed by atoms with van der Waals surface area (Å²) >= 11 is 0. The van der Waals surface area contributed by atoms with Gasteiger partial charge in [0.15, 0.2) is 0 Å². The van der Waals surface area contributed by atoms with Crippen molar-refractivity contribution < 1.29 is 9.53 Å². The summed E-state index contributed by atoms with van der Waals surface area (Å²) in [6.07, 6.45) is 4.84. The zero-order valence-electron chi connectivity index (χ0n) is 16.1. The molecule has 148 valence electrons. The number of carbonyl (C=O) groups excluding carboxylic acids is 1. The summed E-state index contributed by atoms with van der Waals surface area (Å²) in [5.41, 5.74) is 2.19. The van der Waals surface area contributed by atoms with Gasteiger partial charge in [0.2, 0.25) is 5.91 Å². The molecule has 0 bridgehead atoms. The minimum absolute atomic E-state index is 0. The van der Waals surface area contributed by atoms with E-state index in [2.05, 4.69) is 22.7 Å². The monoisotopic (exact) mass is 392 g/mol. The van der Waals surface area contributed by atoms with Gasteiger partial charge in [-0.15, -0.1) is 12.4 Å². The Balaban J connectivity index is 0.00000261. The van der Waals surface area contributed by atoms with E-state index in [1.165, 1.54) is 0 Å². The predicted molar refractivity (Wildman–Crippen MR) is 108 cm³/mol. The second-order valence-electron chi connectivity index (χ2n) is 6.97. The second-order valence-corrected chi connectivity index (χ2v) is 6.97. The van der Waals surface area contributed by atoms with Gasteiger partial charge in [-0.1, -0.05) is 19.1 Å². The van der Waals surface area contributed by atoms with Crippen LogP contribution in [-0.2, 0) is 11.8 Å². The third-order valence-electron chi connectivity index (χ3n) is 4.92. The van der Waals surface area contributed by atoms with Crippen LogP contribution in [0, 0.1) is 5.92 Å². The SMILES string of the molecule is CCCOc1ccc(C(C)NC(=O)[C@H]2CNC[C@@H]2c2cnn(C)c2)cc1.Cl. The number of amides is 1. The first-order valence-electron chi connectivity index (χ1n) is 9.31. The van der Waals surface area contributed by atoms with Crippen LogP contribution in [0.4, 0.5) is 0 Å². The Bertz CT molecular complexity index is 732. The molecule has 0 spiro atoms. The summed E-state index contributed by atoms with van der Waals surface area (Å²) in [5, 5.41) is 10.7. The Morgan fingerprint density at radius 2 is 2.11 bits per heavy atom. The van der Waals surface area contributed by atoms with Crippen LogP contribution in [0.1, 0.15) is 43.4 Å². The maximum Gasteiger partial charge on any atom is 0.225 e. The largest absolute Gasteiger partial charge is 0.494 e. The highest BCUT2D eigenvalue weighted by atomic mass is 35.5. The lowest BCUT2D eigenvalue weighted by atomic mass is 9.90. The Hall–Kier alpha value is -2.05. The van der Waals surface area contributed by atoms with Gasteiger partial charge in [0, 0.05) is 32.3 Å². The molecule has 0 radical (unpaired) electrons. The van der Waals surface area contributed by atoms with E-state index in [0.29, 0.717) is 6.54 Å². The van der Waals surface area contributed by atoms with Crippen molar-refractivity contribution in [2.24, 2.45) is 13.0 Å². The topological polar surface area (TPSA) is 68.2 Å². The number of nitrogens with zero attached hydrogens (tertiary/aromatic N) is 2. The van der Waals surface area contributed by atoms with Crippen LogP contribution < -0.4 is 15.4 Å². The van der Waals surface area contributed by atoms with E-state index >= 15 is 0 Å². The zero-order valence-corrected chi connectivity index (χ0v) is 17.0. The van der Waals surface area contributed by atoms with Gasteiger partial charge in [0.1, 0.15) is 5.75 Å². The van der Waals surface area contributed by atoms with Crippen LogP contribution in [0.3, 0.4) is 0 Å². The lowest BCUT2D eigenvalue weighted by molar-refractivity contribution is -0.125. The lowest BCUT2D eigenvalue weighted by Crippen LogP contribution is -2.35. The second kappa shape index (κ2) is 9.76. The molecule has 1 unspecified atom stereocenters. The number of nitrogens with one attached hydrogen (secondary N) is 2. The molecule has 3 atom stereocenters. The third-order valence-corrected chi connectivity index (χ3v) is 4.92. The number of rotatable bonds is 7. The number of aryl methyl sites for hydroxylation is 1. The van der Waals surface area contributed by atoms with E-state index in [0.717, 1.165) is 36.4 Å². The molecule has 1 fully saturated rings. The van der Waals surface area contributed by atoms with Crippen LogP contribution in [-0.4, -0.2) is 35.4 Å². The molecule has 3 rings (SSSR count). The number of hydrogen-bond donors (Lipinski definition) is 2. The molecule has 1 aromatic heterocycles. The summed E-state index contributed by atoms with van der Waals surface area (Å²) in [4.78, 5) is 12.8. The average Bonchev–Trinajstić information content (AvgIpc) is 3.29. The summed E-state index contributed by atoms with van der Waals surface area (Å²) in [6.45, 7) is 6.32. The molecule has 2 heterocycles. The van der Waals surface area contributed by atoms with Crippen LogP contribution in [0.15, 0.2) is 36.7 Å². The number of carbonyl (C=O) groups is 1. The third kappa shape index (κ3) is 5.23. The predicted octanol–water partition coefficient (Wildman–Crippen LogP) is 2.81. The van der Waals surface area contributed by atoms with Gasteiger partial charge >= 0.3 is 0 Å². The fraction of sp³-hybridized carbons (Fsp3) is 0.500. The maximum absolute atomic E-state index is 12.8. The molecule has 6 nitrogen and oxygen atoms in total. The normalized spacial score (nSPS) is 20.0. The molecule has 1 aliphatic heterocycles. The number of benzene rings is 1. The molecule has 1 aromatic carbocycles. The van der Waals surface area contributed by atoms with E-state index in [-0.39, 0.29) is 36.2 Å². The van der Waals surface area contributed by atoms with Gasteiger partial charge < -0.3 is 15.4 Å². The van der Waals surface area contributed by atoms with E-state index < -0.39 is 0 Å². The molecular formula is C20H29ClN4O2. The van der Waals surface area contributed by atoms with Gasteiger partial charge in [0.05, 0.1) is 24.8 Å². The molecule has 0 aliphatic carbocycles. The maximum atomic E-state index is 12.8. The van der Waals surface area contributed by atoms with Gasteiger partial charge in [-0.05, 0) is 36.6 Å². The van der Waals surface area contributed by atoms with Crippen molar-refractivity contribution in [3.63, 3.8) is 0 Å². The standard InChI is InChI=1S/C20H28N4O2.ClH/c1-4-9-26-17-7-5-15(6-8-17)14(2)23-20(25)19-12-21-11-18(19)16-10-22-24(3)13-16;/h5-8,10,13-14,18-19,21H,4,9,11-12H2,1-3H3,(H,23,25);1H/t14?,18-,19+;/m1./s1. The minimum atomic E-state index is -0.0752. The Labute approximate surface area is 167 Å². The van der Waals surface area contributed by atoms with Gasteiger partial charge in [0.25, 0.3) is 0 Å². The summed E-state index contributed by atoms with van der Waals surface area (Å²) in [6, 6.07) is 7.91. The molecule has 7 heteroatoms. The van der Waals surface area contributed by atoms with Crippen molar-refractivity contribution in [3.05, 3.63) is 47.8 Å². The van der Waals surface area contributed by atoms with Crippen molar-refractivity contribution in [2.45, 2.75) is 32.2 Å². The zero-order chi connectivity index (χ0) is 18.5. The molecule has 1 saturated heterocycles. The first-order valence-corrected chi connectivity index (χ1v) is 9.31. The highest BCUT2D eigenvalue weighted by molar-refractivity contribution is 5.85. The Morgan fingerprint density at radius 1 is 1.37 bits per heavy atom. The molecule has 2 N–H and O–H groups in total. The summed E-state index contributed by atoms with van der Waals surface area (Å²) in [7, 11) is 1.90. The van der Waals surface area contributed by atoms with Crippen LogP contribution in [0.5, 0.6) is 5.75 Å². The van der Waals surface area contributed by atoms with Crippen LogP contribution in [0.2, 0.25) is 0 Å². The van der Waals surface area contributed by atoms with Crippen LogP contribution >= 0.6 is 12.4 Å². The molecule has 27 heavy (non-hydrogen) atoms. The van der Waals surface area contributed by atoms with Gasteiger partial charge in [-0.3, -0.25) is 9.48 Å². The van der Waals surface area contributed by atoms with E-state index in [1.54, 1.807) is 4.68 Å². The number of aromatic nitrogens is 2. The quantitative estimate of drug-likeness (QED) is 0.760. The smallest absolute Gasteiger partial charge is 0.225 e. The summed E-state index contributed by atoms with van der Waals surface area (Å²) < 4.78 is 7.40. The Morgan fingerprint density at radius 3 is 2.74 bits per heavy atom. The van der Waals surface area contributed by atoms with Gasteiger partial charge in [-0.2, -0.15) is 5.10 Å².